The molecule has 0 spiro atoms. The van der Waals surface area contributed by atoms with Gasteiger partial charge >= 0.3 is 0 Å². The van der Waals surface area contributed by atoms with Gasteiger partial charge in [-0.1, -0.05) is 12.1 Å². The zero-order valence-corrected chi connectivity index (χ0v) is 17.1. The number of aromatic nitrogens is 2. The van der Waals surface area contributed by atoms with E-state index in [2.05, 4.69) is 10.2 Å². The molecule has 2 aromatic carbocycles. The van der Waals surface area contributed by atoms with Crippen molar-refractivity contribution >= 4 is 22.7 Å². The van der Waals surface area contributed by atoms with Crippen molar-refractivity contribution in [3.8, 4) is 0 Å². The van der Waals surface area contributed by atoms with E-state index < -0.39 is 17.8 Å². The lowest BCUT2D eigenvalue weighted by Crippen LogP contribution is -2.36. The molecular formula is C23H25F3N4. The molecular weight excluding hydrogens is 389 g/mol. The SMILES string of the molecule is CC(C)Nc1nc2ccccc2nc1N1CCC(C(F)c2cc(F)ccc2F)CC1. The summed E-state index contributed by atoms with van der Waals surface area (Å²) in [7, 11) is 0. The molecule has 0 aliphatic carbocycles. The van der Waals surface area contributed by atoms with Gasteiger partial charge in [-0.2, -0.15) is 0 Å². The fraction of sp³-hybridized carbons (Fsp3) is 0.391. The van der Waals surface area contributed by atoms with E-state index in [-0.39, 0.29) is 17.5 Å². The standard InChI is InChI=1S/C23H25F3N4/c1-14(2)27-22-23(29-20-6-4-3-5-19(20)28-22)30-11-9-15(10-12-30)21(26)17-13-16(24)7-8-18(17)25/h3-8,13-15,21H,9-12H2,1-2H3,(H,27,28). The molecule has 0 radical (unpaired) electrons. The van der Waals surface area contributed by atoms with Crippen LogP contribution >= 0.6 is 0 Å². The molecule has 1 saturated heterocycles. The van der Waals surface area contributed by atoms with Gasteiger partial charge in [0.1, 0.15) is 17.8 Å². The summed E-state index contributed by atoms with van der Waals surface area (Å²) in [5.74, 6) is -0.242. The van der Waals surface area contributed by atoms with E-state index in [1.165, 1.54) is 0 Å². The highest BCUT2D eigenvalue weighted by molar-refractivity contribution is 5.80. The summed E-state index contributed by atoms with van der Waals surface area (Å²) in [6.07, 6.45) is -0.488. The third-order valence-electron chi connectivity index (χ3n) is 5.49. The number of alkyl halides is 1. The van der Waals surface area contributed by atoms with Gasteiger partial charge in [0, 0.05) is 24.7 Å². The zero-order chi connectivity index (χ0) is 21.3. The molecule has 1 atom stereocenters. The second-order valence-electron chi connectivity index (χ2n) is 8.08. The number of anilines is 2. The molecule has 1 unspecified atom stereocenters. The molecule has 4 nitrogen and oxygen atoms in total. The maximum Gasteiger partial charge on any atom is 0.172 e. The first-order valence-electron chi connectivity index (χ1n) is 10.3. The molecule has 1 aliphatic rings. The topological polar surface area (TPSA) is 41.1 Å². The maximum absolute atomic E-state index is 15.0. The summed E-state index contributed by atoms with van der Waals surface area (Å²) >= 11 is 0. The smallest absolute Gasteiger partial charge is 0.172 e. The summed E-state index contributed by atoms with van der Waals surface area (Å²) in [5, 5.41) is 3.36. The van der Waals surface area contributed by atoms with Crippen molar-refractivity contribution in [2.45, 2.75) is 38.9 Å². The summed E-state index contributed by atoms with van der Waals surface area (Å²) in [6.45, 7) is 5.21. The monoisotopic (exact) mass is 414 g/mol. The maximum atomic E-state index is 15.0. The van der Waals surface area contributed by atoms with Crippen molar-refractivity contribution in [1.29, 1.82) is 0 Å². The summed E-state index contributed by atoms with van der Waals surface area (Å²) in [5.41, 5.74) is 1.42. The quantitative estimate of drug-likeness (QED) is 0.585. The molecule has 0 saturated carbocycles. The first-order chi connectivity index (χ1) is 14.4. The van der Waals surface area contributed by atoms with Crippen LogP contribution in [-0.2, 0) is 0 Å². The summed E-state index contributed by atoms with van der Waals surface area (Å²) in [4.78, 5) is 11.6. The van der Waals surface area contributed by atoms with Crippen LogP contribution in [0.4, 0.5) is 24.8 Å². The number of rotatable bonds is 5. The molecule has 0 bridgehead atoms. The number of fused-ring (bicyclic) bond motifs is 1. The summed E-state index contributed by atoms with van der Waals surface area (Å²) in [6, 6.07) is 10.8. The zero-order valence-electron chi connectivity index (χ0n) is 17.1. The molecule has 158 valence electrons. The largest absolute Gasteiger partial charge is 0.365 e. The predicted molar refractivity (Wildman–Crippen MR) is 113 cm³/mol. The van der Waals surface area contributed by atoms with Gasteiger partial charge in [-0.15, -0.1) is 0 Å². The van der Waals surface area contributed by atoms with Gasteiger partial charge in [-0.3, -0.25) is 0 Å². The van der Waals surface area contributed by atoms with Crippen LogP contribution in [0.2, 0.25) is 0 Å². The lowest BCUT2D eigenvalue weighted by Gasteiger charge is -2.35. The van der Waals surface area contributed by atoms with Crippen LogP contribution in [-0.4, -0.2) is 29.1 Å². The van der Waals surface area contributed by atoms with Gasteiger partial charge in [0.05, 0.1) is 11.0 Å². The Balaban J connectivity index is 1.55. The fourth-order valence-electron chi connectivity index (χ4n) is 3.97. The molecule has 1 N–H and O–H groups in total. The van der Waals surface area contributed by atoms with E-state index in [9.17, 15) is 13.2 Å². The number of nitrogens with one attached hydrogen (secondary N) is 1. The third kappa shape index (κ3) is 4.20. The van der Waals surface area contributed by atoms with Crippen LogP contribution < -0.4 is 10.2 Å². The van der Waals surface area contributed by atoms with E-state index in [4.69, 9.17) is 9.97 Å². The van der Waals surface area contributed by atoms with Crippen molar-refractivity contribution in [3.05, 3.63) is 59.7 Å². The average molecular weight is 414 g/mol. The van der Waals surface area contributed by atoms with Crippen molar-refractivity contribution in [2.75, 3.05) is 23.3 Å². The minimum Gasteiger partial charge on any atom is -0.365 e. The number of nitrogens with zero attached hydrogens (tertiary/aromatic N) is 3. The molecule has 1 aliphatic heterocycles. The highest BCUT2D eigenvalue weighted by Crippen LogP contribution is 2.37. The van der Waals surface area contributed by atoms with E-state index in [1.807, 2.05) is 38.1 Å². The van der Waals surface area contributed by atoms with Gasteiger partial charge in [0.2, 0.25) is 0 Å². The Hall–Kier alpha value is -2.83. The summed E-state index contributed by atoms with van der Waals surface area (Å²) < 4.78 is 42.5. The van der Waals surface area contributed by atoms with Gasteiger partial charge < -0.3 is 10.2 Å². The van der Waals surface area contributed by atoms with Crippen LogP contribution in [0, 0.1) is 17.6 Å². The highest BCUT2D eigenvalue weighted by Gasteiger charge is 2.31. The molecule has 3 aromatic rings. The van der Waals surface area contributed by atoms with Crippen LogP contribution in [0.5, 0.6) is 0 Å². The molecule has 1 aromatic heterocycles. The van der Waals surface area contributed by atoms with E-state index in [0.717, 1.165) is 35.1 Å². The van der Waals surface area contributed by atoms with Gasteiger partial charge in [0.25, 0.3) is 0 Å². The molecule has 4 rings (SSSR count). The van der Waals surface area contributed by atoms with Crippen LogP contribution in [0.25, 0.3) is 11.0 Å². The number of halogens is 3. The molecule has 1 fully saturated rings. The first kappa shape index (κ1) is 20.4. The van der Waals surface area contributed by atoms with Crippen LogP contribution in [0.1, 0.15) is 38.4 Å². The van der Waals surface area contributed by atoms with Crippen LogP contribution in [0.3, 0.4) is 0 Å². The number of piperidine rings is 1. The highest BCUT2D eigenvalue weighted by atomic mass is 19.1. The Labute approximate surface area is 174 Å². The average Bonchev–Trinajstić information content (AvgIpc) is 2.74. The number of benzene rings is 2. The van der Waals surface area contributed by atoms with Gasteiger partial charge in [0.15, 0.2) is 11.6 Å². The first-order valence-corrected chi connectivity index (χ1v) is 10.3. The second-order valence-corrected chi connectivity index (χ2v) is 8.08. The van der Waals surface area contributed by atoms with E-state index in [0.29, 0.717) is 31.7 Å². The Bertz CT molecular complexity index is 1030. The lowest BCUT2D eigenvalue weighted by atomic mass is 9.88. The number of hydrogen-bond donors (Lipinski definition) is 1. The molecule has 2 heterocycles. The molecule has 30 heavy (non-hydrogen) atoms. The molecule has 0 amide bonds. The number of hydrogen-bond acceptors (Lipinski definition) is 4. The minimum atomic E-state index is -1.53. The Morgan fingerprint density at radius 1 is 1.00 bits per heavy atom. The fourth-order valence-corrected chi connectivity index (χ4v) is 3.97. The number of para-hydroxylation sites is 2. The van der Waals surface area contributed by atoms with Crippen LogP contribution in [0.15, 0.2) is 42.5 Å². The lowest BCUT2D eigenvalue weighted by molar-refractivity contribution is 0.193. The Morgan fingerprint density at radius 3 is 2.33 bits per heavy atom. The minimum absolute atomic E-state index is 0.183. The van der Waals surface area contributed by atoms with Crippen molar-refractivity contribution in [2.24, 2.45) is 5.92 Å². The normalized spacial score (nSPS) is 16.3. The van der Waals surface area contributed by atoms with E-state index >= 15 is 0 Å². The van der Waals surface area contributed by atoms with Crippen molar-refractivity contribution < 1.29 is 13.2 Å². The predicted octanol–water partition coefficient (Wildman–Crippen LogP) is 5.66. The Kier molecular flexibility index (Phi) is 5.79. The van der Waals surface area contributed by atoms with E-state index in [1.54, 1.807) is 0 Å². The van der Waals surface area contributed by atoms with Crippen molar-refractivity contribution in [1.82, 2.24) is 9.97 Å². The third-order valence-corrected chi connectivity index (χ3v) is 5.49. The second kappa shape index (κ2) is 8.50. The van der Waals surface area contributed by atoms with Gasteiger partial charge in [-0.25, -0.2) is 23.1 Å². The Morgan fingerprint density at radius 2 is 1.67 bits per heavy atom. The van der Waals surface area contributed by atoms with Crippen molar-refractivity contribution in [3.63, 3.8) is 0 Å². The van der Waals surface area contributed by atoms with Gasteiger partial charge in [-0.05, 0) is 62.9 Å². The molecule has 7 heteroatoms.